The van der Waals surface area contributed by atoms with Crippen LogP contribution in [0, 0.1) is 21.4 Å². The molecule has 0 saturated carbocycles. The summed E-state index contributed by atoms with van der Waals surface area (Å²) in [6.45, 7) is 2.07. The molecule has 1 aliphatic heterocycles. The number of fused-ring (bicyclic) bond motifs is 1. The molecular weight excluding hydrogens is 260 g/mol. The van der Waals surface area contributed by atoms with Gasteiger partial charge in [0.25, 0.3) is 5.69 Å². The fraction of sp³-hybridized carbons (Fsp3) is 0.250. The lowest BCUT2D eigenvalue weighted by Gasteiger charge is -2.28. The second kappa shape index (κ2) is 4.62. The summed E-state index contributed by atoms with van der Waals surface area (Å²) in [5.74, 6) is 0.841. The number of hydrogen-bond acceptors (Lipinski definition) is 6. The van der Waals surface area contributed by atoms with Gasteiger partial charge in [0, 0.05) is 24.8 Å². The summed E-state index contributed by atoms with van der Waals surface area (Å²) in [6.07, 6.45) is 1.68. The standard InChI is InChI=1S/C12H10N6O2/c13-6-9-5-10(1-2-11(9)18(19)20)16-3-4-17-8-14-15-12(17)7-16/h1-2,5,8H,3-4,7H2. The summed E-state index contributed by atoms with van der Waals surface area (Å²) in [5.41, 5.74) is 0.678. The Balaban J connectivity index is 1.93. The Bertz CT molecular complexity index is 717. The smallest absolute Gasteiger partial charge is 0.287 e. The maximum atomic E-state index is 10.8. The number of anilines is 1. The Morgan fingerprint density at radius 2 is 2.25 bits per heavy atom. The minimum atomic E-state index is -0.546. The van der Waals surface area contributed by atoms with Crippen LogP contribution in [0.3, 0.4) is 0 Å². The van der Waals surface area contributed by atoms with Gasteiger partial charge >= 0.3 is 0 Å². The highest BCUT2D eigenvalue weighted by molar-refractivity contribution is 5.60. The Kier molecular flexibility index (Phi) is 2.80. The zero-order valence-corrected chi connectivity index (χ0v) is 10.4. The minimum absolute atomic E-state index is 0.0690. The molecule has 0 spiro atoms. The molecule has 8 nitrogen and oxygen atoms in total. The number of hydrogen-bond donors (Lipinski definition) is 0. The third kappa shape index (κ3) is 1.95. The van der Waals surface area contributed by atoms with E-state index in [0.29, 0.717) is 6.54 Å². The lowest BCUT2D eigenvalue weighted by atomic mass is 10.1. The maximum Gasteiger partial charge on any atom is 0.287 e. The first-order chi connectivity index (χ1) is 9.69. The molecule has 1 aromatic carbocycles. The topological polar surface area (TPSA) is 101 Å². The van der Waals surface area contributed by atoms with E-state index in [4.69, 9.17) is 5.26 Å². The van der Waals surface area contributed by atoms with Crippen LogP contribution >= 0.6 is 0 Å². The summed E-state index contributed by atoms with van der Waals surface area (Å²) in [5, 5.41) is 27.7. The fourth-order valence-electron chi connectivity index (χ4n) is 2.26. The van der Waals surface area contributed by atoms with E-state index in [2.05, 4.69) is 10.2 Å². The van der Waals surface area contributed by atoms with Crippen molar-refractivity contribution in [1.82, 2.24) is 14.8 Å². The van der Waals surface area contributed by atoms with Gasteiger partial charge in [-0.1, -0.05) is 0 Å². The van der Waals surface area contributed by atoms with Gasteiger partial charge in [0.2, 0.25) is 0 Å². The number of nitrogens with zero attached hydrogens (tertiary/aromatic N) is 6. The van der Waals surface area contributed by atoms with Crippen molar-refractivity contribution in [3.05, 3.63) is 46.0 Å². The van der Waals surface area contributed by atoms with E-state index in [1.54, 1.807) is 18.5 Å². The first kappa shape index (κ1) is 12.1. The van der Waals surface area contributed by atoms with Crippen molar-refractivity contribution >= 4 is 11.4 Å². The molecule has 2 aromatic rings. The number of nitriles is 1. The normalized spacial score (nSPS) is 13.7. The minimum Gasteiger partial charge on any atom is -0.362 e. The Hall–Kier alpha value is -2.95. The molecule has 8 heteroatoms. The summed E-state index contributed by atoms with van der Waals surface area (Å²) >= 11 is 0. The molecule has 0 atom stereocenters. The molecule has 3 rings (SSSR count). The van der Waals surface area contributed by atoms with Gasteiger partial charge in [0.1, 0.15) is 18.0 Å². The largest absolute Gasteiger partial charge is 0.362 e. The van der Waals surface area contributed by atoms with Gasteiger partial charge in [-0.25, -0.2) is 0 Å². The highest BCUT2D eigenvalue weighted by Gasteiger charge is 2.20. The molecule has 100 valence electrons. The molecule has 0 saturated heterocycles. The maximum absolute atomic E-state index is 10.8. The van der Waals surface area contributed by atoms with Crippen LogP contribution in [0.4, 0.5) is 11.4 Å². The second-order valence-corrected chi connectivity index (χ2v) is 4.43. The molecular formula is C12H10N6O2. The molecule has 0 amide bonds. The van der Waals surface area contributed by atoms with Crippen LogP contribution in [-0.4, -0.2) is 26.2 Å². The Morgan fingerprint density at radius 3 is 3.00 bits per heavy atom. The molecule has 2 heterocycles. The fourth-order valence-corrected chi connectivity index (χ4v) is 2.26. The van der Waals surface area contributed by atoms with Crippen LogP contribution in [0.5, 0.6) is 0 Å². The lowest BCUT2D eigenvalue weighted by Crippen LogP contribution is -2.33. The average molecular weight is 270 g/mol. The van der Waals surface area contributed by atoms with Crippen molar-refractivity contribution in [2.24, 2.45) is 0 Å². The predicted molar refractivity (Wildman–Crippen MR) is 68.9 cm³/mol. The van der Waals surface area contributed by atoms with Crippen LogP contribution in [0.1, 0.15) is 11.4 Å². The number of aromatic nitrogens is 3. The monoisotopic (exact) mass is 270 g/mol. The predicted octanol–water partition coefficient (Wildman–Crippen LogP) is 1.08. The Labute approximate surface area is 114 Å². The van der Waals surface area contributed by atoms with E-state index in [0.717, 1.165) is 24.6 Å². The molecule has 0 fully saturated rings. The van der Waals surface area contributed by atoms with Gasteiger partial charge in [-0.15, -0.1) is 10.2 Å². The van der Waals surface area contributed by atoms with Crippen LogP contribution in [0.15, 0.2) is 24.5 Å². The summed E-state index contributed by atoms with van der Waals surface area (Å²) in [7, 11) is 0. The second-order valence-electron chi connectivity index (χ2n) is 4.43. The highest BCUT2D eigenvalue weighted by atomic mass is 16.6. The third-order valence-electron chi connectivity index (χ3n) is 3.30. The molecule has 0 unspecified atom stereocenters. The van der Waals surface area contributed by atoms with Crippen molar-refractivity contribution < 1.29 is 4.92 Å². The van der Waals surface area contributed by atoms with Gasteiger partial charge in [-0.05, 0) is 12.1 Å². The number of nitro groups is 1. The van der Waals surface area contributed by atoms with Gasteiger partial charge in [0.05, 0.1) is 11.5 Å². The number of rotatable bonds is 2. The molecule has 0 bridgehead atoms. The van der Waals surface area contributed by atoms with Crippen LogP contribution in [-0.2, 0) is 13.1 Å². The summed E-state index contributed by atoms with van der Waals surface area (Å²) in [4.78, 5) is 12.3. The van der Waals surface area contributed by atoms with E-state index in [1.807, 2.05) is 15.5 Å². The van der Waals surface area contributed by atoms with E-state index >= 15 is 0 Å². The SMILES string of the molecule is N#Cc1cc(N2CCn3cnnc3C2)ccc1[N+](=O)[O-]. The van der Waals surface area contributed by atoms with E-state index in [-0.39, 0.29) is 11.3 Å². The molecule has 0 radical (unpaired) electrons. The van der Waals surface area contributed by atoms with E-state index < -0.39 is 4.92 Å². The van der Waals surface area contributed by atoms with Crippen LogP contribution in [0.25, 0.3) is 0 Å². The van der Waals surface area contributed by atoms with E-state index in [1.165, 1.54) is 6.07 Å². The molecule has 1 aromatic heterocycles. The zero-order valence-electron chi connectivity index (χ0n) is 10.4. The highest BCUT2D eigenvalue weighted by Crippen LogP contribution is 2.26. The van der Waals surface area contributed by atoms with Gasteiger partial charge < -0.3 is 9.47 Å². The molecule has 0 N–H and O–H groups in total. The quantitative estimate of drug-likeness (QED) is 0.597. The first-order valence-electron chi connectivity index (χ1n) is 5.99. The number of benzene rings is 1. The number of nitro benzene ring substituents is 1. The van der Waals surface area contributed by atoms with Crippen molar-refractivity contribution in [1.29, 1.82) is 5.26 Å². The van der Waals surface area contributed by atoms with Crippen molar-refractivity contribution in [2.45, 2.75) is 13.1 Å². The lowest BCUT2D eigenvalue weighted by molar-refractivity contribution is -0.385. The summed E-state index contributed by atoms with van der Waals surface area (Å²) in [6, 6.07) is 6.44. The Morgan fingerprint density at radius 1 is 1.40 bits per heavy atom. The van der Waals surface area contributed by atoms with Crippen molar-refractivity contribution in [3.63, 3.8) is 0 Å². The van der Waals surface area contributed by atoms with Gasteiger partial charge in [0.15, 0.2) is 5.82 Å². The van der Waals surface area contributed by atoms with Crippen LogP contribution < -0.4 is 4.90 Å². The van der Waals surface area contributed by atoms with Gasteiger partial charge in [-0.3, -0.25) is 10.1 Å². The molecule has 0 aliphatic carbocycles. The van der Waals surface area contributed by atoms with Crippen molar-refractivity contribution in [3.8, 4) is 6.07 Å². The zero-order chi connectivity index (χ0) is 14.1. The van der Waals surface area contributed by atoms with E-state index in [9.17, 15) is 10.1 Å². The molecule has 1 aliphatic rings. The van der Waals surface area contributed by atoms with Crippen molar-refractivity contribution in [2.75, 3.05) is 11.4 Å². The van der Waals surface area contributed by atoms with Gasteiger partial charge in [-0.2, -0.15) is 5.26 Å². The average Bonchev–Trinajstić information content (AvgIpc) is 2.93. The summed E-state index contributed by atoms with van der Waals surface area (Å²) < 4.78 is 1.97. The third-order valence-corrected chi connectivity index (χ3v) is 3.30. The molecule has 20 heavy (non-hydrogen) atoms. The van der Waals surface area contributed by atoms with Crippen LogP contribution in [0.2, 0.25) is 0 Å². The first-order valence-corrected chi connectivity index (χ1v) is 5.99.